The van der Waals surface area contributed by atoms with Crippen molar-refractivity contribution in [3.63, 3.8) is 0 Å². The maximum atomic E-state index is 12.9. The second-order valence-corrected chi connectivity index (χ2v) is 11.0. The lowest BCUT2D eigenvalue weighted by Gasteiger charge is -2.63. The molecule has 5 rings (SSSR count). The third-order valence-corrected chi connectivity index (χ3v) is 8.78. The number of piperidine rings is 1. The smallest absolute Gasteiger partial charge is 0.236 e. The number of aliphatic imine (C=N–C) groups is 1. The van der Waals surface area contributed by atoms with Crippen LogP contribution < -0.4 is 5.32 Å². The minimum Gasteiger partial charge on any atom is -0.377 e. The molecule has 182 valence electrons. The van der Waals surface area contributed by atoms with Gasteiger partial charge in [-0.05, 0) is 37.5 Å². The van der Waals surface area contributed by atoms with Gasteiger partial charge >= 0.3 is 0 Å². The average Bonchev–Trinajstić information content (AvgIpc) is 3.12. The van der Waals surface area contributed by atoms with Crippen LogP contribution in [0.4, 0.5) is 0 Å². The van der Waals surface area contributed by atoms with Crippen LogP contribution in [0.2, 0.25) is 0 Å². The second kappa shape index (κ2) is 9.94. The fourth-order valence-corrected chi connectivity index (χ4v) is 7.17. The highest BCUT2D eigenvalue weighted by Crippen LogP contribution is 2.62. The lowest BCUT2D eigenvalue weighted by molar-refractivity contribution is -0.171. The summed E-state index contributed by atoms with van der Waals surface area (Å²) in [4.78, 5) is 24.3. The van der Waals surface area contributed by atoms with Crippen molar-refractivity contribution in [2.75, 3.05) is 59.5 Å². The Bertz CT molecular complexity index is 697. The van der Waals surface area contributed by atoms with Gasteiger partial charge in [0.1, 0.15) is 0 Å². The summed E-state index contributed by atoms with van der Waals surface area (Å²) in [6.07, 6.45) is 6.85. The molecule has 2 saturated carbocycles. The van der Waals surface area contributed by atoms with E-state index in [2.05, 4.69) is 38.9 Å². The molecule has 5 aliphatic rings. The lowest BCUT2D eigenvalue weighted by Crippen LogP contribution is -2.73. The molecule has 3 saturated heterocycles. The van der Waals surface area contributed by atoms with E-state index in [0.29, 0.717) is 47.8 Å². The van der Waals surface area contributed by atoms with Crippen molar-refractivity contribution in [3.05, 3.63) is 0 Å². The Kier molecular flexibility index (Phi) is 7.61. The Balaban J connectivity index is 0.00000245. The maximum absolute atomic E-state index is 12.9. The van der Waals surface area contributed by atoms with E-state index < -0.39 is 0 Å². The van der Waals surface area contributed by atoms with Gasteiger partial charge < -0.3 is 19.9 Å². The molecule has 2 aliphatic carbocycles. The van der Waals surface area contributed by atoms with Crippen LogP contribution in [0.3, 0.4) is 0 Å². The van der Waals surface area contributed by atoms with Crippen molar-refractivity contribution in [1.29, 1.82) is 0 Å². The van der Waals surface area contributed by atoms with Gasteiger partial charge in [0.2, 0.25) is 5.91 Å². The van der Waals surface area contributed by atoms with Gasteiger partial charge in [-0.3, -0.25) is 14.7 Å². The number of amides is 1. The fraction of sp³-hybridized carbons (Fsp3) is 0.917. The van der Waals surface area contributed by atoms with Gasteiger partial charge in [0, 0.05) is 70.3 Å². The summed E-state index contributed by atoms with van der Waals surface area (Å²) in [5.41, 5.74) is 0.369. The van der Waals surface area contributed by atoms with Crippen LogP contribution >= 0.6 is 24.0 Å². The predicted molar refractivity (Wildman–Crippen MR) is 137 cm³/mol. The number of halogens is 1. The first-order chi connectivity index (χ1) is 15.0. The molecule has 0 bridgehead atoms. The van der Waals surface area contributed by atoms with Crippen LogP contribution in [-0.2, 0) is 9.53 Å². The molecule has 32 heavy (non-hydrogen) atoms. The third-order valence-electron chi connectivity index (χ3n) is 8.78. The molecular formula is C24H42IN5O2. The summed E-state index contributed by atoms with van der Waals surface area (Å²) in [7, 11) is 1.91. The number of hydrogen-bond acceptors (Lipinski definition) is 4. The molecule has 0 radical (unpaired) electrons. The molecule has 7 nitrogen and oxygen atoms in total. The second-order valence-electron chi connectivity index (χ2n) is 11.0. The molecule has 5 atom stereocenters. The maximum Gasteiger partial charge on any atom is 0.236 e. The standard InChI is InChI=1S/C24H41N5O2.HI/c1-17-13-18(2)15-29(14-17)20(30)16-27-8-10-28(11-9-27)23(25-3)26-21-19-5-12-31-22(19)24(21)6-4-7-24;/h17-19,21-22H,4-16H2,1-3H3,(H,25,26);1H. The van der Waals surface area contributed by atoms with E-state index in [4.69, 9.17) is 4.74 Å². The Morgan fingerprint density at radius 2 is 1.78 bits per heavy atom. The molecule has 5 unspecified atom stereocenters. The molecule has 0 aromatic rings. The number of ether oxygens (including phenoxy) is 1. The number of nitrogens with zero attached hydrogens (tertiary/aromatic N) is 4. The molecule has 8 heteroatoms. The van der Waals surface area contributed by atoms with Gasteiger partial charge in [0.15, 0.2) is 5.96 Å². The highest BCUT2D eigenvalue weighted by atomic mass is 127. The summed E-state index contributed by atoms with van der Waals surface area (Å²) in [6.45, 7) is 11.6. The zero-order valence-electron chi connectivity index (χ0n) is 20.1. The van der Waals surface area contributed by atoms with Crippen molar-refractivity contribution < 1.29 is 9.53 Å². The number of carbonyl (C=O) groups is 1. The van der Waals surface area contributed by atoms with E-state index in [1.807, 2.05) is 7.05 Å². The molecule has 3 heterocycles. The lowest BCUT2D eigenvalue weighted by atomic mass is 9.46. The van der Waals surface area contributed by atoms with Gasteiger partial charge in [-0.1, -0.05) is 20.3 Å². The molecular weight excluding hydrogens is 517 g/mol. The first kappa shape index (κ1) is 24.5. The zero-order valence-corrected chi connectivity index (χ0v) is 22.4. The Morgan fingerprint density at radius 1 is 1.09 bits per heavy atom. The molecule has 1 amide bonds. The van der Waals surface area contributed by atoms with Gasteiger partial charge in [0.25, 0.3) is 0 Å². The van der Waals surface area contributed by atoms with E-state index in [1.54, 1.807) is 0 Å². The monoisotopic (exact) mass is 559 g/mol. The number of fused-ring (bicyclic) bond motifs is 2. The zero-order chi connectivity index (χ0) is 21.6. The molecule has 0 aromatic heterocycles. The molecule has 1 spiro atoms. The van der Waals surface area contributed by atoms with E-state index in [0.717, 1.165) is 51.8 Å². The van der Waals surface area contributed by atoms with E-state index in [1.165, 1.54) is 32.1 Å². The summed E-state index contributed by atoms with van der Waals surface area (Å²) in [5.74, 6) is 3.25. The summed E-state index contributed by atoms with van der Waals surface area (Å²) in [6, 6.07) is 0.523. The number of rotatable bonds is 3. The van der Waals surface area contributed by atoms with Crippen LogP contribution in [0.1, 0.15) is 46.0 Å². The predicted octanol–water partition coefficient (Wildman–Crippen LogP) is 2.26. The van der Waals surface area contributed by atoms with Crippen LogP contribution in [0.5, 0.6) is 0 Å². The number of hydrogen-bond donors (Lipinski definition) is 1. The van der Waals surface area contributed by atoms with Gasteiger partial charge in [0.05, 0.1) is 12.6 Å². The van der Waals surface area contributed by atoms with E-state index in [-0.39, 0.29) is 24.0 Å². The number of guanidine groups is 1. The number of carbonyl (C=O) groups excluding carboxylic acids is 1. The molecule has 0 aromatic carbocycles. The summed E-state index contributed by atoms with van der Waals surface area (Å²) >= 11 is 0. The minimum absolute atomic E-state index is 0. The van der Waals surface area contributed by atoms with Crippen LogP contribution in [0, 0.1) is 23.2 Å². The third kappa shape index (κ3) is 4.40. The first-order valence-electron chi connectivity index (χ1n) is 12.6. The normalized spacial score (nSPS) is 36.7. The van der Waals surface area contributed by atoms with Crippen LogP contribution in [-0.4, -0.2) is 98.2 Å². The number of piperazine rings is 1. The Hall–Kier alpha value is -0.610. The van der Waals surface area contributed by atoms with Crippen molar-refractivity contribution in [2.24, 2.45) is 28.2 Å². The topological polar surface area (TPSA) is 60.4 Å². The van der Waals surface area contributed by atoms with Crippen molar-refractivity contribution in [1.82, 2.24) is 20.0 Å². The number of likely N-dealkylation sites (tertiary alicyclic amines) is 1. The van der Waals surface area contributed by atoms with Crippen molar-refractivity contribution >= 4 is 35.8 Å². The highest BCUT2D eigenvalue weighted by Gasteiger charge is 2.66. The average molecular weight is 560 g/mol. The fourth-order valence-electron chi connectivity index (χ4n) is 7.17. The molecule has 3 aliphatic heterocycles. The SMILES string of the molecule is CN=C(NC1C2CCOC2C12CCC2)N1CCN(CC(=O)N2CC(C)CC(C)C2)CC1.I. The quantitative estimate of drug-likeness (QED) is 0.327. The number of nitrogens with one attached hydrogen (secondary N) is 1. The highest BCUT2D eigenvalue weighted by molar-refractivity contribution is 14.0. The van der Waals surface area contributed by atoms with E-state index in [9.17, 15) is 4.79 Å². The van der Waals surface area contributed by atoms with Gasteiger partial charge in [-0.15, -0.1) is 24.0 Å². The molecule has 1 N–H and O–H groups in total. The minimum atomic E-state index is 0. The van der Waals surface area contributed by atoms with Crippen molar-refractivity contribution in [2.45, 2.75) is 58.1 Å². The van der Waals surface area contributed by atoms with Gasteiger partial charge in [-0.2, -0.15) is 0 Å². The van der Waals surface area contributed by atoms with E-state index >= 15 is 0 Å². The summed E-state index contributed by atoms with van der Waals surface area (Å²) in [5, 5.41) is 3.86. The van der Waals surface area contributed by atoms with Crippen LogP contribution in [0.25, 0.3) is 0 Å². The largest absolute Gasteiger partial charge is 0.377 e. The van der Waals surface area contributed by atoms with Crippen molar-refractivity contribution in [3.8, 4) is 0 Å². The summed E-state index contributed by atoms with van der Waals surface area (Å²) < 4.78 is 6.08. The first-order valence-corrected chi connectivity index (χ1v) is 12.6. The Morgan fingerprint density at radius 3 is 2.38 bits per heavy atom. The van der Waals surface area contributed by atoms with Crippen LogP contribution in [0.15, 0.2) is 4.99 Å². The Labute approximate surface area is 210 Å². The molecule has 5 fully saturated rings. The van der Waals surface area contributed by atoms with Gasteiger partial charge in [-0.25, -0.2) is 0 Å².